The quantitative estimate of drug-likeness (QED) is 0.437. The average Bonchev–Trinajstić information content (AvgIpc) is 3.26. The van der Waals surface area contributed by atoms with E-state index in [1.165, 1.54) is 0 Å². The molecule has 0 spiro atoms. The summed E-state index contributed by atoms with van der Waals surface area (Å²) in [5.41, 5.74) is 3.81. The van der Waals surface area contributed by atoms with E-state index in [-0.39, 0.29) is 18.0 Å². The first-order chi connectivity index (χ1) is 16.6. The van der Waals surface area contributed by atoms with Gasteiger partial charge in [-0.05, 0) is 38.1 Å². The minimum atomic E-state index is -0.966. The summed E-state index contributed by atoms with van der Waals surface area (Å²) in [5, 5.41) is 14.1. The summed E-state index contributed by atoms with van der Waals surface area (Å²) in [4.78, 5) is 17.7. The fraction of sp³-hybridized carbons (Fsp3) is 0.154. The number of aromatic nitrogens is 2. The number of nitrogens with one attached hydrogen (secondary N) is 2. The van der Waals surface area contributed by atoms with Gasteiger partial charge in [-0.3, -0.25) is 4.79 Å². The van der Waals surface area contributed by atoms with E-state index in [9.17, 15) is 4.79 Å². The lowest BCUT2D eigenvalue weighted by Crippen LogP contribution is -2.32. The second-order valence-corrected chi connectivity index (χ2v) is 8.03. The fourth-order valence-electron chi connectivity index (χ4n) is 3.67. The first-order valence-corrected chi connectivity index (χ1v) is 11.0. The molecule has 8 nitrogen and oxygen atoms in total. The first-order valence-electron chi connectivity index (χ1n) is 11.0. The van der Waals surface area contributed by atoms with Crippen LogP contribution >= 0.6 is 0 Å². The molecule has 1 unspecified atom stereocenters. The van der Waals surface area contributed by atoms with E-state index in [0.29, 0.717) is 28.6 Å². The highest BCUT2D eigenvalue weighted by atomic mass is 16.5. The number of aliphatic imine (C=N–C) groups is 1. The minimum absolute atomic E-state index is 0.0460. The number of rotatable bonds is 6. The third-order valence-corrected chi connectivity index (χ3v) is 5.13. The van der Waals surface area contributed by atoms with Crippen molar-refractivity contribution < 1.29 is 13.9 Å². The van der Waals surface area contributed by atoms with Crippen molar-refractivity contribution in [1.29, 1.82) is 0 Å². The number of benzene rings is 3. The Hall–Kier alpha value is -4.46. The molecular weight excluding hydrogens is 430 g/mol. The van der Waals surface area contributed by atoms with Crippen molar-refractivity contribution >= 4 is 23.3 Å². The topological polar surface area (TPSA) is 102 Å². The lowest BCUT2D eigenvalue weighted by atomic mass is 10.0. The van der Waals surface area contributed by atoms with E-state index >= 15 is 0 Å². The predicted molar refractivity (Wildman–Crippen MR) is 130 cm³/mol. The minimum Gasteiger partial charge on any atom is -0.491 e. The van der Waals surface area contributed by atoms with Crippen LogP contribution in [0.25, 0.3) is 11.5 Å². The molecule has 0 radical (unpaired) electrons. The molecule has 170 valence electrons. The Morgan fingerprint density at radius 2 is 1.71 bits per heavy atom. The molecule has 8 heteroatoms. The highest BCUT2D eigenvalue weighted by molar-refractivity contribution is 6.19. The second kappa shape index (κ2) is 9.19. The summed E-state index contributed by atoms with van der Waals surface area (Å²) >= 11 is 0. The van der Waals surface area contributed by atoms with Gasteiger partial charge in [0.25, 0.3) is 5.91 Å². The molecule has 0 fully saturated rings. The normalized spacial score (nSPS) is 15.2. The molecule has 0 saturated heterocycles. The van der Waals surface area contributed by atoms with Crippen LogP contribution in [-0.2, 0) is 4.79 Å². The predicted octanol–water partition coefficient (Wildman–Crippen LogP) is 4.75. The SMILES string of the molecule is CC(C)Oc1cccc(-c2nnc(NC3N=C(c4ccccc4)c4ccccc4NC3=O)o2)c1. The van der Waals surface area contributed by atoms with Gasteiger partial charge in [0.15, 0.2) is 0 Å². The summed E-state index contributed by atoms with van der Waals surface area (Å²) < 4.78 is 11.5. The van der Waals surface area contributed by atoms with E-state index in [2.05, 4.69) is 20.8 Å². The Bertz CT molecular complexity index is 1350. The molecule has 3 aromatic carbocycles. The van der Waals surface area contributed by atoms with Gasteiger partial charge in [-0.15, -0.1) is 5.10 Å². The molecule has 1 aliphatic rings. The molecule has 2 N–H and O–H groups in total. The number of ether oxygens (including phenoxy) is 1. The Labute approximate surface area is 196 Å². The highest BCUT2D eigenvalue weighted by Crippen LogP contribution is 2.27. The number of carbonyl (C=O) groups is 1. The number of hydrogen-bond acceptors (Lipinski definition) is 7. The van der Waals surface area contributed by atoms with E-state index in [4.69, 9.17) is 14.1 Å². The average molecular weight is 454 g/mol. The standard InChI is InChI=1S/C26H23N5O3/c1-16(2)33-19-12-8-11-18(15-19)25-30-31-26(34-25)29-23-24(32)27-21-14-7-6-13-20(21)22(28-23)17-9-4-3-5-10-17/h3-16,23H,1-2H3,(H,27,32)(H,29,31). The van der Waals surface area contributed by atoms with Gasteiger partial charge < -0.3 is 19.8 Å². The van der Waals surface area contributed by atoms with Crippen molar-refractivity contribution in [2.75, 3.05) is 10.6 Å². The number of carbonyl (C=O) groups excluding carboxylic acids is 1. The van der Waals surface area contributed by atoms with E-state index in [1.54, 1.807) is 0 Å². The molecule has 0 saturated carbocycles. The number of nitrogens with zero attached hydrogens (tertiary/aromatic N) is 3. The zero-order valence-electron chi connectivity index (χ0n) is 18.7. The van der Waals surface area contributed by atoms with Gasteiger partial charge in [0.1, 0.15) is 5.75 Å². The molecular formula is C26H23N5O3. The number of hydrogen-bond donors (Lipinski definition) is 2. The van der Waals surface area contributed by atoms with Crippen LogP contribution in [0.2, 0.25) is 0 Å². The lowest BCUT2D eigenvalue weighted by Gasteiger charge is -2.11. The Morgan fingerprint density at radius 1 is 0.941 bits per heavy atom. The number of benzodiazepines with no additional fused rings is 1. The zero-order chi connectivity index (χ0) is 23.5. The molecule has 0 aliphatic carbocycles. The van der Waals surface area contributed by atoms with E-state index in [1.807, 2.05) is 92.7 Å². The van der Waals surface area contributed by atoms with Gasteiger partial charge in [0.05, 0.1) is 17.5 Å². The van der Waals surface area contributed by atoms with Crippen molar-refractivity contribution in [2.24, 2.45) is 4.99 Å². The smallest absolute Gasteiger partial charge is 0.317 e. The lowest BCUT2D eigenvalue weighted by molar-refractivity contribution is -0.116. The summed E-state index contributed by atoms with van der Waals surface area (Å²) in [6, 6.07) is 24.8. The van der Waals surface area contributed by atoms with Gasteiger partial charge in [-0.2, -0.15) is 0 Å². The first kappa shape index (κ1) is 21.4. The van der Waals surface area contributed by atoms with Crippen LogP contribution < -0.4 is 15.4 Å². The summed E-state index contributed by atoms with van der Waals surface area (Å²) in [6.07, 6.45) is -0.920. The van der Waals surface area contributed by atoms with E-state index < -0.39 is 6.17 Å². The van der Waals surface area contributed by atoms with Gasteiger partial charge in [0.2, 0.25) is 12.1 Å². The summed E-state index contributed by atoms with van der Waals surface area (Å²) in [5.74, 6) is 0.685. The number of amides is 1. The molecule has 1 aliphatic heterocycles. The monoisotopic (exact) mass is 453 g/mol. The van der Waals surface area contributed by atoms with Crippen molar-refractivity contribution in [1.82, 2.24) is 10.2 Å². The van der Waals surface area contributed by atoms with Crippen LogP contribution in [-0.4, -0.2) is 34.1 Å². The number of para-hydroxylation sites is 1. The van der Waals surface area contributed by atoms with Gasteiger partial charge in [-0.1, -0.05) is 59.7 Å². The third kappa shape index (κ3) is 4.52. The highest BCUT2D eigenvalue weighted by Gasteiger charge is 2.27. The number of anilines is 2. The van der Waals surface area contributed by atoms with Crippen molar-refractivity contribution in [3.8, 4) is 17.2 Å². The summed E-state index contributed by atoms with van der Waals surface area (Å²) in [6.45, 7) is 3.92. The van der Waals surface area contributed by atoms with Crippen molar-refractivity contribution in [2.45, 2.75) is 26.1 Å². The maximum absolute atomic E-state index is 13.0. The van der Waals surface area contributed by atoms with Gasteiger partial charge >= 0.3 is 6.01 Å². The molecule has 0 bridgehead atoms. The van der Waals surface area contributed by atoms with Gasteiger partial charge in [-0.25, -0.2) is 4.99 Å². The van der Waals surface area contributed by atoms with Crippen molar-refractivity contribution in [3.05, 3.63) is 90.0 Å². The molecule has 1 aromatic heterocycles. The Kier molecular flexibility index (Phi) is 5.78. The van der Waals surface area contributed by atoms with Crippen molar-refractivity contribution in [3.63, 3.8) is 0 Å². The van der Waals surface area contributed by atoms with Crippen LogP contribution in [0.15, 0.2) is 88.3 Å². The fourth-order valence-corrected chi connectivity index (χ4v) is 3.67. The van der Waals surface area contributed by atoms with Crippen LogP contribution in [0.5, 0.6) is 5.75 Å². The molecule has 4 aromatic rings. The van der Waals surface area contributed by atoms with Crippen LogP contribution in [0, 0.1) is 0 Å². The zero-order valence-corrected chi connectivity index (χ0v) is 18.7. The second-order valence-electron chi connectivity index (χ2n) is 8.03. The van der Waals surface area contributed by atoms with Gasteiger partial charge in [0, 0.05) is 16.7 Å². The Balaban J connectivity index is 1.45. The largest absolute Gasteiger partial charge is 0.491 e. The van der Waals surface area contributed by atoms with Crippen LogP contribution in [0.3, 0.4) is 0 Å². The maximum atomic E-state index is 13.0. The number of fused-ring (bicyclic) bond motifs is 1. The molecule has 34 heavy (non-hydrogen) atoms. The molecule has 2 heterocycles. The summed E-state index contributed by atoms with van der Waals surface area (Å²) in [7, 11) is 0. The Morgan fingerprint density at radius 3 is 2.53 bits per heavy atom. The van der Waals surface area contributed by atoms with E-state index in [0.717, 1.165) is 11.1 Å². The molecule has 1 atom stereocenters. The van der Waals surface area contributed by atoms with Crippen LogP contribution in [0.4, 0.5) is 11.7 Å². The maximum Gasteiger partial charge on any atom is 0.317 e. The van der Waals surface area contributed by atoms with Crippen LogP contribution in [0.1, 0.15) is 25.0 Å². The molecule has 1 amide bonds. The molecule has 5 rings (SSSR count). The third-order valence-electron chi connectivity index (χ3n) is 5.13.